The van der Waals surface area contributed by atoms with Gasteiger partial charge in [0.15, 0.2) is 0 Å². The first-order valence-electron chi connectivity index (χ1n) is 7.01. The van der Waals surface area contributed by atoms with Gasteiger partial charge in [-0.1, -0.05) is 0 Å². The van der Waals surface area contributed by atoms with Crippen molar-refractivity contribution < 1.29 is 8.42 Å². The van der Waals surface area contributed by atoms with Crippen LogP contribution in [0.1, 0.15) is 26.7 Å². The van der Waals surface area contributed by atoms with Gasteiger partial charge in [-0.15, -0.1) is 0 Å². The van der Waals surface area contributed by atoms with Gasteiger partial charge in [-0.3, -0.25) is 0 Å². The molecule has 5 nitrogen and oxygen atoms in total. The third kappa shape index (κ3) is 3.71. The molecule has 0 atom stereocenters. The molecule has 6 heteroatoms. The largest absolute Gasteiger partial charge is 0.371 e. The van der Waals surface area contributed by atoms with E-state index in [1.807, 2.05) is 26.0 Å². The van der Waals surface area contributed by atoms with E-state index in [4.69, 9.17) is 5.73 Å². The third-order valence-corrected chi connectivity index (χ3v) is 5.12. The number of nitrogens with zero attached hydrogens (tertiary/aromatic N) is 1. The molecule has 0 radical (unpaired) electrons. The lowest BCUT2D eigenvalue weighted by Crippen LogP contribution is -2.39. The zero-order valence-electron chi connectivity index (χ0n) is 12.0. The molecule has 3 N–H and O–H groups in total. The van der Waals surface area contributed by atoms with Crippen LogP contribution in [0.15, 0.2) is 29.2 Å². The summed E-state index contributed by atoms with van der Waals surface area (Å²) in [6, 6.07) is 7.24. The maximum atomic E-state index is 12.0. The standard InChI is InChI=1S/C14H23N3O2S/c1-11(2)16-20(18,19)14-5-3-13(4-6-14)17-9-7-12(15)8-10-17/h3-6,11-12,16H,7-10,15H2,1-2H3. The Hall–Kier alpha value is -1.11. The number of sulfonamides is 1. The lowest BCUT2D eigenvalue weighted by Gasteiger charge is -2.32. The topological polar surface area (TPSA) is 75.4 Å². The van der Waals surface area contributed by atoms with E-state index >= 15 is 0 Å². The maximum Gasteiger partial charge on any atom is 0.240 e. The summed E-state index contributed by atoms with van der Waals surface area (Å²) in [5.41, 5.74) is 6.94. The van der Waals surface area contributed by atoms with Gasteiger partial charge in [0.25, 0.3) is 0 Å². The van der Waals surface area contributed by atoms with E-state index in [1.165, 1.54) is 0 Å². The fourth-order valence-corrected chi connectivity index (χ4v) is 3.62. The second kappa shape index (κ2) is 6.11. The minimum atomic E-state index is -3.40. The van der Waals surface area contributed by atoms with Gasteiger partial charge < -0.3 is 10.6 Å². The van der Waals surface area contributed by atoms with Gasteiger partial charge >= 0.3 is 0 Å². The summed E-state index contributed by atoms with van der Waals surface area (Å²) in [5, 5.41) is 0. The van der Waals surface area contributed by atoms with Gasteiger partial charge in [0.2, 0.25) is 10.0 Å². The van der Waals surface area contributed by atoms with Gasteiger partial charge in [0.05, 0.1) is 4.90 Å². The summed E-state index contributed by atoms with van der Waals surface area (Å²) in [7, 11) is -3.40. The van der Waals surface area contributed by atoms with Crippen LogP contribution >= 0.6 is 0 Å². The Kier molecular flexibility index (Phi) is 4.67. The normalized spacial score (nSPS) is 17.7. The van der Waals surface area contributed by atoms with E-state index < -0.39 is 10.0 Å². The molecule has 1 heterocycles. The minimum Gasteiger partial charge on any atom is -0.371 e. The molecule has 1 aliphatic heterocycles. The summed E-state index contributed by atoms with van der Waals surface area (Å²) in [4.78, 5) is 2.55. The number of nitrogens with one attached hydrogen (secondary N) is 1. The molecular formula is C14H23N3O2S. The molecule has 1 aromatic rings. The Morgan fingerprint density at radius 2 is 1.75 bits per heavy atom. The number of piperidine rings is 1. The van der Waals surface area contributed by atoms with Gasteiger partial charge in [-0.2, -0.15) is 0 Å². The van der Waals surface area contributed by atoms with Crippen LogP contribution in [0.4, 0.5) is 5.69 Å². The SMILES string of the molecule is CC(C)NS(=O)(=O)c1ccc(N2CCC(N)CC2)cc1. The zero-order valence-corrected chi connectivity index (χ0v) is 12.9. The van der Waals surface area contributed by atoms with Crippen LogP contribution in [0, 0.1) is 0 Å². The Morgan fingerprint density at radius 1 is 1.20 bits per heavy atom. The fraction of sp³-hybridized carbons (Fsp3) is 0.571. The van der Waals surface area contributed by atoms with Crippen molar-refractivity contribution in [3.05, 3.63) is 24.3 Å². The average Bonchev–Trinajstić information content (AvgIpc) is 2.38. The molecule has 1 fully saturated rings. The monoisotopic (exact) mass is 297 g/mol. The summed E-state index contributed by atoms with van der Waals surface area (Å²) >= 11 is 0. The highest BCUT2D eigenvalue weighted by Gasteiger charge is 2.18. The Balaban J connectivity index is 2.10. The number of hydrogen-bond acceptors (Lipinski definition) is 4. The van der Waals surface area contributed by atoms with Crippen molar-refractivity contribution in [2.45, 2.75) is 43.7 Å². The fourth-order valence-electron chi connectivity index (χ4n) is 2.37. The molecule has 0 spiro atoms. The first-order valence-corrected chi connectivity index (χ1v) is 8.50. The molecule has 0 aliphatic carbocycles. The van der Waals surface area contributed by atoms with Crippen LogP contribution in [0.2, 0.25) is 0 Å². The van der Waals surface area contributed by atoms with Crippen molar-refractivity contribution in [1.82, 2.24) is 4.72 Å². The maximum absolute atomic E-state index is 12.0. The molecular weight excluding hydrogens is 274 g/mol. The van der Waals surface area contributed by atoms with Gasteiger partial charge in [-0.25, -0.2) is 13.1 Å². The molecule has 20 heavy (non-hydrogen) atoms. The molecule has 0 unspecified atom stereocenters. The lowest BCUT2D eigenvalue weighted by molar-refractivity contribution is 0.501. The van der Waals surface area contributed by atoms with E-state index in [0.29, 0.717) is 10.9 Å². The van der Waals surface area contributed by atoms with E-state index in [-0.39, 0.29) is 6.04 Å². The quantitative estimate of drug-likeness (QED) is 0.878. The third-order valence-electron chi connectivity index (χ3n) is 3.44. The molecule has 1 aromatic carbocycles. The first kappa shape index (κ1) is 15.3. The molecule has 1 aliphatic rings. The van der Waals surface area contributed by atoms with Crippen LogP contribution in [-0.4, -0.2) is 33.6 Å². The highest BCUT2D eigenvalue weighted by Crippen LogP contribution is 2.21. The zero-order chi connectivity index (χ0) is 14.8. The summed E-state index contributed by atoms with van der Waals surface area (Å²) in [6.07, 6.45) is 1.96. The molecule has 2 rings (SSSR count). The van der Waals surface area contributed by atoms with E-state index in [0.717, 1.165) is 31.6 Å². The van der Waals surface area contributed by atoms with Crippen LogP contribution in [-0.2, 0) is 10.0 Å². The molecule has 0 amide bonds. The van der Waals surface area contributed by atoms with Crippen molar-refractivity contribution in [3.63, 3.8) is 0 Å². The van der Waals surface area contributed by atoms with E-state index in [1.54, 1.807) is 12.1 Å². The van der Waals surface area contributed by atoms with Crippen LogP contribution < -0.4 is 15.4 Å². The van der Waals surface area contributed by atoms with E-state index in [9.17, 15) is 8.42 Å². The summed E-state index contributed by atoms with van der Waals surface area (Å²) in [6.45, 7) is 5.47. The van der Waals surface area contributed by atoms with Crippen molar-refractivity contribution in [3.8, 4) is 0 Å². The first-order chi connectivity index (χ1) is 9.38. The lowest BCUT2D eigenvalue weighted by atomic mass is 10.1. The second-order valence-electron chi connectivity index (χ2n) is 5.59. The molecule has 0 saturated carbocycles. The predicted octanol–water partition coefficient (Wildman–Crippen LogP) is 1.30. The van der Waals surface area contributed by atoms with Crippen LogP contribution in [0.5, 0.6) is 0 Å². The number of anilines is 1. The average molecular weight is 297 g/mol. The van der Waals surface area contributed by atoms with Crippen molar-refractivity contribution >= 4 is 15.7 Å². The van der Waals surface area contributed by atoms with Crippen LogP contribution in [0.3, 0.4) is 0 Å². The summed E-state index contributed by atoms with van der Waals surface area (Å²) < 4.78 is 26.6. The number of hydrogen-bond donors (Lipinski definition) is 2. The second-order valence-corrected chi connectivity index (χ2v) is 7.31. The smallest absolute Gasteiger partial charge is 0.240 e. The van der Waals surface area contributed by atoms with Crippen molar-refractivity contribution in [2.75, 3.05) is 18.0 Å². The minimum absolute atomic E-state index is 0.108. The Labute approximate surface area is 121 Å². The summed E-state index contributed by atoms with van der Waals surface area (Å²) in [5.74, 6) is 0. The highest BCUT2D eigenvalue weighted by atomic mass is 32.2. The van der Waals surface area contributed by atoms with Gasteiger partial charge in [0, 0.05) is 30.9 Å². The Bertz CT molecular complexity index is 532. The predicted molar refractivity (Wildman–Crippen MR) is 81.3 cm³/mol. The highest BCUT2D eigenvalue weighted by molar-refractivity contribution is 7.89. The molecule has 0 aromatic heterocycles. The number of benzene rings is 1. The molecule has 0 bridgehead atoms. The van der Waals surface area contributed by atoms with E-state index in [2.05, 4.69) is 9.62 Å². The van der Waals surface area contributed by atoms with Crippen molar-refractivity contribution in [1.29, 1.82) is 0 Å². The number of nitrogens with two attached hydrogens (primary N) is 1. The van der Waals surface area contributed by atoms with Crippen molar-refractivity contribution in [2.24, 2.45) is 5.73 Å². The van der Waals surface area contributed by atoms with Crippen LogP contribution in [0.25, 0.3) is 0 Å². The molecule has 1 saturated heterocycles. The van der Waals surface area contributed by atoms with Gasteiger partial charge in [-0.05, 0) is 51.0 Å². The molecule has 112 valence electrons. The Morgan fingerprint density at radius 3 is 2.25 bits per heavy atom. The number of rotatable bonds is 4. The van der Waals surface area contributed by atoms with Gasteiger partial charge in [0.1, 0.15) is 0 Å².